The largest absolute Gasteiger partial charge is 0.379 e. The number of carbonyl (C=O) groups is 1. The van der Waals surface area contributed by atoms with Gasteiger partial charge in [0.05, 0.1) is 18.2 Å². The Kier molecular flexibility index (Phi) is 5.88. The maximum atomic E-state index is 12.4. The van der Waals surface area contributed by atoms with Gasteiger partial charge in [0.15, 0.2) is 0 Å². The minimum absolute atomic E-state index is 0.0119. The summed E-state index contributed by atoms with van der Waals surface area (Å²) in [5.74, 6) is 0. The standard InChI is InChI=1S/C13H27N3O2/c1-4-13(5-2,10-14)16(6-3)12(17)15-11-7-8-18-9-11/h11H,4-10,14H2,1-3H3,(H,15,17). The molecule has 2 amide bonds. The third kappa shape index (κ3) is 3.14. The molecule has 5 heteroatoms. The van der Waals surface area contributed by atoms with Crippen molar-refractivity contribution in [2.75, 3.05) is 26.3 Å². The zero-order valence-corrected chi connectivity index (χ0v) is 11.9. The molecule has 1 aliphatic heterocycles. The monoisotopic (exact) mass is 257 g/mol. The van der Waals surface area contributed by atoms with E-state index in [4.69, 9.17) is 10.5 Å². The lowest BCUT2D eigenvalue weighted by Crippen LogP contribution is -2.59. The first kappa shape index (κ1) is 15.2. The van der Waals surface area contributed by atoms with Crippen molar-refractivity contribution >= 4 is 6.03 Å². The van der Waals surface area contributed by atoms with E-state index in [1.54, 1.807) is 0 Å². The van der Waals surface area contributed by atoms with Gasteiger partial charge in [-0.1, -0.05) is 13.8 Å². The third-order valence-corrected chi connectivity index (χ3v) is 4.09. The average molecular weight is 257 g/mol. The van der Waals surface area contributed by atoms with Gasteiger partial charge in [-0.2, -0.15) is 0 Å². The number of carbonyl (C=O) groups excluding carboxylic acids is 1. The van der Waals surface area contributed by atoms with Crippen molar-refractivity contribution in [1.29, 1.82) is 0 Å². The number of hydrogen-bond donors (Lipinski definition) is 2. The lowest BCUT2D eigenvalue weighted by Gasteiger charge is -2.42. The second kappa shape index (κ2) is 6.95. The lowest BCUT2D eigenvalue weighted by molar-refractivity contribution is 0.109. The van der Waals surface area contributed by atoms with E-state index < -0.39 is 0 Å². The van der Waals surface area contributed by atoms with E-state index in [2.05, 4.69) is 19.2 Å². The normalized spacial score (nSPS) is 19.9. The van der Waals surface area contributed by atoms with Crippen LogP contribution in [0.3, 0.4) is 0 Å². The molecule has 1 rings (SSSR count). The molecule has 0 aromatic rings. The Morgan fingerprint density at radius 2 is 2.11 bits per heavy atom. The van der Waals surface area contributed by atoms with Crippen LogP contribution in [-0.2, 0) is 4.74 Å². The Bertz CT molecular complexity index is 253. The van der Waals surface area contributed by atoms with Crippen LogP contribution in [0.2, 0.25) is 0 Å². The molecule has 1 aliphatic rings. The van der Waals surface area contributed by atoms with Crippen molar-refractivity contribution in [2.45, 2.75) is 51.6 Å². The first-order valence-corrected chi connectivity index (χ1v) is 6.99. The Morgan fingerprint density at radius 3 is 2.50 bits per heavy atom. The molecule has 1 saturated heterocycles. The number of ether oxygens (including phenoxy) is 1. The lowest BCUT2D eigenvalue weighted by atomic mass is 9.91. The fourth-order valence-electron chi connectivity index (χ4n) is 2.63. The molecule has 1 heterocycles. The Morgan fingerprint density at radius 1 is 1.44 bits per heavy atom. The molecule has 3 N–H and O–H groups in total. The molecule has 1 fully saturated rings. The molecule has 1 unspecified atom stereocenters. The Balaban J connectivity index is 2.70. The molecule has 5 nitrogen and oxygen atoms in total. The molecule has 0 bridgehead atoms. The maximum Gasteiger partial charge on any atom is 0.318 e. The molecule has 18 heavy (non-hydrogen) atoms. The fraction of sp³-hybridized carbons (Fsp3) is 0.923. The highest BCUT2D eigenvalue weighted by molar-refractivity contribution is 5.75. The van der Waals surface area contributed by atoms with Gasteiger partial charge in [-0.15, -0.1) is 0 Å². The predicted molar refractivity (Wildman–Crippen MR) is 72.5 cm³/mol. The molecule has 0 aromatic heterocycles. The molecule has 1 atom stereocenters. The number of urea groups is 1. The average Bonchev–Trinajstić information content (AvgIpc) is 2.88. The van der Waals surface area contributed by atoms with Gasteiger partial charge in [0.1, 0.15) is 0 Å². The number of nitrogens with zero attached hydrogens (tertiary/aromatic N) is 1. The quantitative estimate of drug-likeness (QED) is 0.754. The SMILES string of the molecule is CCN(C(=O)NC1CCOC1)C(CC)(CC)CN. The van der Waals surface area contributed by atoms with Crippen LogP contribution >= 0.6 is 0 Å². The molecular formula is C13H27N3O2. The first-order chi connectivity index (χ1) is 8.63. The van der Waals surface area contributed by atoms with Gasteiger partial charge >= 0.3 is 6.03 Å². The zero-order valence-electron chi connectivity index (χ0n) is 11.9. The van der Waals surface area contributed by atoms with Gasteiger partial charge < -0.3 is 20.7 Å². The van der Waals surface area contributed by atoms with Gasteiger partial charge in [-0.05, 0) is 26.2 Å². The highest BCUT2D eigenvalue weighted by Crippen LogP contribution is 2.23. The number of rotatable bonds is 6. The number of hydrogen-bond acceptors (Lipinski definition) is 3. The minimum atomic E-state index is -0.224. The van der Waals surface area contributed by atoms with Crippen LogP contribution in [0.4, 0.5) is 4.79 Å². The summed E-state index contributed by atoms with van der Waals surface area (Å²) in [7, 11) is 0. The van der Waals surface area contributed by atoms with Crippen LogP contribution in [0.5, 0.6) is 0 Å². The molecule has 0 spiro atoms. The zero-order chi connectivity index (χ0) is 13.6. The second-order valence-corrected chi connectivity index (χ2v) is 4.89. The molecule has 0 saturated carbocycles. The van der Waals surface area contributed by atoms with Crippen molar-refractivity contribution in [2.24, 2.45) is 5.73 Å². The van der Waals surface area contributed by atoms with Crippen molar-refractivity contribution in [3.05, 3.63) is 0 Å². The van der Waals surface area contributed by atoms with Crippen LogP contribution in [0.15, 0.2) is 0 Å². The van der Waals surface area contributed by atoms with Crippen molar-refractivity contribution in [1.82, 2.24) is 10.2 Å². The highest BCUT2D eigenvalue weighted by Gasteiger charge is 2.35. The summed E-state index contributed by atoms with van der Waals surface area (Å²) in [6, 6.07) is 0.137. The summed E-state index contributed by atoms with van der Waals surface area (Å²) >= 11 is 0. The van der Waals surface area contributed by atoms with Crippen molar-refractivity contribution in [3.63, 3.8) is 0 Å². The Hall–Kier alpha value is -0.810. The summed E-state index contributed by atoms with van der Waals surface area (Å²) < 4.78 is 5.28. The highest BCUT2D eigenvalue weighted by atomic mass is 16.5. The molecule has 0 radical (unpaired) electrons. The van der Waals surface area contributed by atoms with Crippen LogP contribution in [0, 0.1) is 0 Å². The van der Waals surface area contributed by atoms with E-state index in [0.29, 0.717) is 19.7 Å². The van der Waals surface area contributed by atoms with Gasteiger partial charge in [0, 0.05) is 19.7 Å². The molecule has 0 aromatic carbocycles. The van der Waals surface area contributed by atoms with Gasteiger partial charge in [0.2, 0.25) is 0 Å². The van der Waals surface area contributed by atoms with E-state index in [1.165, 1.54) is 0 Å². The predicted octanol–water partition coefficient (Wildman–Crippen LogP) is 1.32. The van der Waals surface area contributed by atoms with Crippen LogP contribution in [0.1, 0.15) is 40.0 Å². The summed E-state index contributed by atoms with van der Waals surface area (Å²) in [6.07, 6.45) is 2.65. The van der Waals surface area contributed by atoms with E-state index in [0.717, 1.165) is 25.9 Å². The second-order valence-electron chi connectivity index (χ2n) is 4.89. The van der Waals surface area contributed by atoms with Crippen LogP contribution in [0.25, 0.3) is 0 Å². The van der Waals surface area contributed by atoms with Gasteiger partial charge in [0.25, 0.3) is 0 Å². The summed E-state index contributed by atoms with van der Waals surface area (Å²) in [4.78, 5) is 14.2. The maximum absolute atomic E-state index is 12.4. The number of nitrogens with one attached hydrogen (secondary N) is 1. The van der Waals surface area contributed by atoms with E-state index in [-0.39, 0.29) is 17.6 Å². The summed E-state index contributed by atoms with van der Waals surface area (Å²) in [6.45, 7) is 8.72. The summed E-state index contributed by atoms with van der Waals surface area (Å²) in [5, 5.41) is 3.04. The van der Waals surface area contributed by atoms with Gasteiger partial charge in [-0.3, -0.25) is 0 Å². The van der Waals surface area contributed by atoms with Crippen molar-refractivity contribution in [3.8, 4) is 0 Å². The molecular weight excluding hydrogens is 230 g/mol. The molecule has 106 valence electrons. The van der Waals surface area contributed by atoms with Gasteiger partial charge in [-0.25, -0.2) is 4.79 Å². The van der Waals surface area contributed by atoms with Crippen molar-refractivity contribution < 1.29 is 9.53 Å². The van der Waals surface area contributed by atoms with E-state index >= 15 is 0 Å². The molecule has 0 aliphatic carbocycles. The number of likely N-dealkylation sites (N-methyl/N-ethyl adjacent to an activating group) is 1. The number of nitrogens with two attached hydrogens (primary N) is 1. The smallest absolute Gasteiger partial charge is 0.318 e. The summed E-state index contributed by atoms with van der Waals surface area (Å²) in [5.41, 5.74) is 5.68. The number of amides is 2. The van der Waals surface area contributed by atoms with E-state index in [9.17, 15) is 4.79 Å². The van der Waals surface area contributed by atoms with Crippen LogP contribution in [-0.4, -0.2) is 48.8 Å². The minimum Gasteiger partial charge on any atom is -0.379 e. The first-order valence-electron chi connectivity index (χ1n) is 6.99. The topological polar surface area (TPSA) is 67.6 Å². The Labute approximate surface area is 110 Å². The van der Waals surface area contributed by atoms with Crippen LogP contribution < -0.4 is 11.1 Å². The van der Waals surface area contributed by atoms with E-state index in [1.807, 2.05) is 11.8 Å². The third-order valence-electron chi connectivity index (χ3n) is 4.09. The fourth-order valence-corrected chi connectivity index (χ4v) is 2.63.